The van der Waals surface area contributed by atoms with Crippen LogP contribution in [0.3, 0.4) is 0 Å². The van der Waals surface area contributed by atoms with E-state index in [1.165, 1.54) is 14.0 Å². The highest BCUT2D eigenvalue weighted by Crippen LogP contribution is 2.37. The van der Waals surface area contributed by atoms with Crippen LogP contribution in [-0.4, -0.2) is 18.3 Å². The summed E-state index contributed by atoms with van der Waals surface area (Å²) in [5.74, 6) is 0.0331. The van der Waals surface area contributed by atoms with E-state index in [1.54, 1.807) is 0 Å². The lowest BCUT2D eigenvalue weighted by Crippen LogP contribution is -2.10. The Morgan fingerprint density at radius 3 is 2.41 bits per heavy atom. The normalized spacial score (nSPS) is 13.6. The van der Waals surface area contributed by atoms with Crippen molar-refractivity contribution in [3.05, 3.63) is 28.3 Å². The van der Waals surface area contributed by atoms with E-state index in [4.69, 9.17) is 16.3 Å². The molecule has 1 atom stereocenters. The van der Waals surface area contributed by atoms with Crippen LogP contribution >= 0.6 is 11.6 Å². The zero-order valence-electron chi connectivity index (χ0n) is 9.31. The zero-order chi connectivity index (χ0) is 13.2. The Bertz CT molecular complexity index is 402. The second-order valence-corrected chi connectivity index (χ2v) is 4.10. The lowest BCUT2D eigenvalue weighted by Gasteiger charge is -2.15. The average molecular weight is 269 g/mol. The van der Waals surface area contributed by atoms with E-state index in [1.807, 2.05) is 0 Å². The fourth-order valence-electron chi connectivity index (χ4n) is 1.45. The molecule has 0 fully saturated rings. The third-order valence-electron chi connectivity index (χ3n) is 2.20. The van der Waals surface area contributed by atoms with E-state index >= 15 is 0 Å². The molecule has 0 heterocycles. The van der Waals surface area contributed by atoms with E-state index in [2.05, 4.69) is 0 Å². The third kappa shape index (κ3) is 3.51. The maximum absolute atomic E-state index is 12.5. The van der Waals surface area contributed by atoms with Gasteiger partial charge in [0.15, 0.2) is 0 Å². The molecule has 0 spiro atoms. The average Bonchev–Trinajstić information content (AvgIpc) is 2.18. The summed E-state index contributed by atoms with van der Waals surface area (Å²) in [6, 6.07) is 1.71. The third-order valence-corrected chi connectivity index (χ3v) is 2.54. The molecule has 1 unspecified atom stereocenters. The van der Waals surface area contributed by atoms with Gasteiger partial charge in [-0.15, -0.1) is 0 Å². The Morgan fingerprint density at radius 2 is 2.00 bits per heavy atom. The van der Waals surface area contributed by atoms with Gasteiger partial charge >= 0.3 is 6.18 Å². The topological polar surface area (TPSA) is 29.5 Å². The number of aliphatic hydroxyl groups excluding tert-OH is 1. The monoisotopic (exact) mass is 268 g/mol. The number of hydrogen-bond donors (Lipinski definition) is 1. The lowest BCUT2D eigenvalue weighted by atomic mass is 10.0. The van der Waals surface area contributed by atoms with Gasteiger partial charge in [-0.2, -0.15) is 13.2 Å². The maximum Gasteiger partial charge on any atom is 0.416 e. The Hall–Kier alpha value is -0.940. The first-order valence-electron chi connectivity index (χ1n) is 4.87. The van der Waals surface area contributed by atoms with Gasteiger partial charge in [-0.05, 0) is 19.1 Å². The first-order valence-corrected chi connectivity index (χ1v) is 5.25. The molecule has 0 saturated carbocycles. The highest BCUT2D eigenvalue weighted by atomic mass is 35.5. The van der Waals surface area contributed by atoms with E-state index in [9.17, 15) is 18.3 Å². The van der Waals surface area contributed by atoms with Crippen molar-refractivity contribution in [3.63, 3.8) is 0 Å². The van der Waals surface area contributed by atoms with Crippen molar-refractivity contribution in [1.82, 2.24) is 0 Å². The van der Waals surface area contributed by atoms with Crippen molar-refractivity contribution < 1.29 is 23.0 Å². The van der Waals surface area contributed by atoms with Gasteiger partial charge in [0.05, 0.1) is 18.8 Å². The van der Waals surface area contributed by atoms with Crippen LogP contribution in [0, 0.1) is 0 Å². The first-order chi connectivity index (χ1) is 7.75. The summed E-state index contributed by atoms with van der Waals surface area (Å²) < 4.78 is 42.4. The number of halogens is 4. The minimum Gasteiger partial charge on any atom is -0.496 e. The molecular weight excluding hydrogens is 257 g/mol. The Balaban J connectivity index is 3.26. The van der Waals surface area contributed by atoms with Crippen LogP contribution < -0.4 is 4.74 Å². The molecule has 0 aromatic heterocycles. The summed E-state index contributed by atoms with van der Waals surface area (Å²) in [7, 11) is 1.26. The summed E-state index contributed by atoms with van der Waals surface area (Å²) in [5.41, 5.74) is -0.495. The Labute approximate surface area is 102 Å². The van der Waals surface area contributed by atoms with Crippen molar-refractivity contribution in [2.45, 2.75) is 25.6 Å². The highest BCUT2D eigenvalue weighted by Gasteiger charge is 2.32. The van der Waals surface area contributed by atoms with Crippen LogP contribution in [0.2, 0.25) is 5.02 Å². The number of rotatable bonds is 3. The number of aliphatic hydroxyl groups is 1. The van der Waals surface area contributed by atoms with E-state index in [0.717, 1.165) is 12.1 Å². The van der Waals surface area contributed by atoms with E-state index in [0.29, 0.717) is 5.56 Å². The van der Waals surface area contributed by atoms with E-state index in [-0.39, 0.29) is 17.2 Å². The molecule has 1 aromatic carbocycles. The SMILES string of the molecule is COc1cc(C(F)(F)F)cc(Cl)c1CC(C)O. The van der Waals surface area contributed by atoms with Gasteiger partial charge in [-0.3, -0.25) is 0 Å². The summed E-state index contributed by atoms with van der Waals surface area (Å²) in [6.45, 7) is 1.52. The summed E-state index contributed by atoms with van der Waals surface area (Å²) in [4.78, 5) is 0. The standard InChI is InChI=1S/C11H12ClF3O2/c1-6(16)3-8-9(12)4-7(11(13,14)15)5-10(8)17-2/h4-6,16H,3H2,1-2H3. The van der Waals surface area contributed by atoms with Gasteiger partial charge in [0.2, 0.25) is 0 Å². The van der Waals surface area contributed by atoms with Crippen LogP contribution in [0.5, 0.6) is 5.75 Å². The van der Waals surface area contributed by atoms with Crippen molar-refractivity contribution in [1.29, 1.82) is 0 Å². The first kappa shape index (κ1) is 14.1. The van der Waals surface area contributed by atoms with Gasteiger partial charge in [0.25, 0.3) is 0 Å². The number of benzene rings is 1. The summed E-state index contributed by atoms with van der Waals surface area (Å²) >= 11 is 5.77. The van der Waals surface area contributed by atoms with E-state index < -0.39 is 17.8 Å². The molecule has 17 heavy (non-hydrogen) atoms. The summed E-state index contributed by atoms with van der Waals surface area (Å²) in [5, 5.41) is 9.19. The van der Waals surface area contributed by atoms with Gasteiger partial charge in [0.1, 0.15) is 5.75 Å². The quantitative estimate of drug-likeness (QED) is 0.911. The second kappa shape index (κ2) is 5.14. The molecular formula is C11H12ClF3O2. The molecule has 6 heteroatoms. The highest BCUT2D eigenvalue weighted by molar-refractivity contribution is 6.31. The summed E-state index contributed by atoms with van der Waals surface area (Å²) in [6.07, 6.45) is -5.04. The smallest absolute Gasteiger partial charge is 0.416 e. The molecule has 0 aliphatic rings. The Kier molecular flexibility index (Phi) is 4.27. The van der Waals surface area contributed by atoms with Crippen LogP contribution in [0.4, 0.5) is 13.2 Å². The van der Waals surface area contributed by atoms with Crippen LogP contribution in [0.1, 0.15) is 18.1 Å². The molecule has 0 saturated heterocycles. The number of methoxy groups -OCH3 is 1. The van der Waals surface area contributed by atoms with Gasteiger partial charge in [-0.1, -0.05) is 11.6 Å². The number of alkyl halides is 3. The molecule has 1 rings (SSSR count). The molecule has 1 N–H and O–H groups in total. The maximum atomic E-state index is 12.5. The minimum atomic E-state index is -4.47. The largest absolute Gasteiger partial charge is 0.496 e. The second-order valence-electron chi connectivity index (χ2n) is 3.69. The van der Waals surface area contributed by atoms with Gasteiger partial charge in [-0.25, -0.2) is 0 Å². The van der Waals surface area contributed by atoms with Gasteiger partial charge in [0, 0.05) is 17.0 Å². The van der Waals surface area contributed by atoms with Crippen molar-refractivity contribution in [2.75, 3.05) is 7.11 Å². The minimum absolute atomic E-state index is 0.0331. The molecule has 0 bridgehead atoms. The predicted molar refractivity (Wildman–Crippen MR) is 58.4 cm³/mol. The van der Waals surface area contributed by atoms with Crippen molar-refractivity contribution >= 4 is 11.6 Å². The number of hydrogen-bond acceptors (Lipinski definition) is 2. The van der Waals surface area contributed by atoms with Crippen LogP contribution in [0.25, 0.3) is 0 Å². The fourth-order valence-corrected chi connectivity index (χ4v) is 1.74. The predicted octanol–water partition coefficient (Wildman–Crippen LogP) is 3.29. The molecule has 1 aromatic rings. The molecule has 96 valence electrons. The van der Waals surface area contributed by atoms with Crippen molar-refractivity contribution in [3.8, 4) is 5.75 Å². The van der Waals surface area contributed by atoms with Gasteiger partial charge < -0.3 is 9.84 Å². The fraction of sp³-hybridized carbons (Fsp3) is 0.455. The molecule has 0 aliphatic heterocycles. The molecule has 0 amide bonds. The lowest BCUT2D eigenvalue weighted by molar-refractivity contribution is -0.137. The Morgan fingerprint density at radius 1 is 1.41 bits per heavy atom. The zero-order valence-corrected chi connectivity index (χ0v) is 10.1. The molecule has 2 nitrogen and oxygen atoms in total. The van der Waals surface area contributed by atoms with Crippen LogP contribution in [0.15, 0.2) is 12.1 Å². The number of ether oxygens (including phenoxy) is 1. The van der Waals surface area contributed by atoms with Crippen LogP contribution in [-0.2, 0) is 12.6 Å². The molecule has 0 radical (unpaired) electrons. The van der Waals surface area contributed by atoms with Crippen molar-refractivity contribution in [2.24, 2.45) is 0 Å². The molecule has 0 aliphatic carbocycles.